The summed E-state index contributed by atoms with van der Waals surface area (Å²) in [6.45, 7) is 6.82. The average molecular weight is 269 g/mol. The third kappa shape index (κ3) is 3.45. The van der Waals surface area contributed by atoms with Crippen LogP contribution in [0.5, 0.6) is 0 Å². The molecule has 0 spiro atoms. The molecule has 2 aromatic rings. The van der Waals surface area contributed by atoms with Gasteiger partial charge < -0.3 is 0 Å². The minimum absolute atomic E-state index is 0.226. The van der Waals surface area contributed by atoms with Crippen molar-refractivity contribution in [3.63, 3.8) is 0 Å². The predicted molar refractivity (Wildman–Crippen MR) is 85.3 cm³/mol. The summed E-state index contributed by atoms with van der Waals surface area (Å²) < 4.78 is 0. The van der Waals surface area contributed by atoms with Crippen LogP contribution in [0.25, 0.3) is 10.8 Å². The largest absolute Gasteiger partial charge is 0.296 e. The van der Waals surface area contributed by atoms with Gasteiger partial charge in [0.05, 0.1) is 6.54 Å². The van der Waals surface area contributed by atoms with Crippen molar-refractivity contribution < 1.29 is 4.79 Å². The molecule has 0 N–H and O–H groups in total. The van der Waals surface area contributed by atoms with Crippen LogP contribution >= 0.6 is 0 Å². The van der Waals surface area contributed by atoms with Crippen LogP contribution < -0.4 is 0 Å². The first-order chi connectivity index (χ1) is 9.76. The molecule has 0 atom stereocenters. The first-order valence-electron chi connectivity index (χ1n) is 7.49. The number of hydrogen-bond acceptors (Lipinski definition) is 2. The standard InChI is InChI=1S/C18H23NO/c1-3-12-19(13-4-2)14-18(20)17-11-7-9-15-8-5-6-10-16(15)17/h5-11H,3-4,12-14H2,1-2H3. The van der Waals surface area contributed by atoms with E-state index in [2.05, 4.69) is 30.9 Å². The number of ketones is 1. The lowest BCUT2D eigenvalue weighted by molar-refractivity contribution is 0.0932. The van der Waals surface area contributed by atoms with E-state index < -0.39 is 0 Å². The molecule has 0 aliphatic heterocycles. The average Bonchev–Trinajstić information content (AvgIpc) is 2.47. The molecule has 0 fully saturated rings. The van der Waals surface area contributed by atoms with E-state index in [4.69, 9.17) is 0 Å². The van der Waals surface area contributed by atoms with Gasteiger partial charge in [0.25, 0.3) is 0 Å². The van der Waals surface area contributed by atoms with Crippen molar-refractivity contribution in [3.8, 4) is 0 Å². The van der Waals surface area contributed by atoms with Crippen LogP contribution in [0.15, 0.2) is 42.5 Å². The third-order valence-electron chi connectivity index (χ3n) is 3.54. The van der Waals surface area contributed by atoms with Gasteiger partial charge in [-0.2, -0.15) is 0 Å². The Balaban J connectivity index is 2.22. The highest BCUT2D eigenvalue weighted by atomic mass is 16.1. The fourth-order valence-electron chi connectivity index (χ4n) is 2.66. The summed E-state index contributed by atoms with van der Waals surface area (Å²) in [6, 6.07) is 14.1. The number of carbonyl (C=O) groups excluding carboxylic acids is 1. The minimum Gasteiger partial charge on any atom is -0.296 e. The number of benzene rings is 2. The van der Waals surface area contributed by atoms with Gasteiger partial charge in [-0.1, -0.05) is 56.3 Å². The van der Waals surface area contributed by atoms with Crippen LogP contribution in [0.4, 0.5) is 0 Å². The molecule has 106 valence electrons. The van der Waals surface area contributed by atoms with Crippen LogP contribution in [-0.2, 0) is 0 Å². The quantitative estimate of drug-likeness (QED) is 0.704. The summed E-state index contributed by atoms with van der Waals surface area (Å²) in [5, 5.41) is 2.20. The Morgan fingerprint density at radius 1 is 0.950 bits per heavy atom. The Morgan fingerprint density at radius 3 is 2.30 bits per heavy atom. The van der Waals surface area contributed by atoms with E-state index in [1.165, 1.54) is 0 Å². The normalized spacial score (nSPS) is 11.2. The van der Waals surface area contributed by atoms with E-state index >= 15 is 0 Å². The fraction of sp³-hybridized carbons (Fsp3) is 0.389. The highest BCUT2D eigenvalue weighted by Crippen LogP contribution is 2.19. The van der Waals surface area contributed by atoms with Crippen molar-refractivity contribution in [1.82, 2.24) is 4.90 Å². The van der Waals surface area contributed by atoms with Gasteiger partial charge in [0.2, 0.25) is 0 Å². The molecular weight excluding hydrogens is 246 g/mol. The molecule has 0 aliphatic carbocycles. The van der Waals surface area contributed by atoms with Gasteiger partial charge in [0.1, 0.15) is 0 Å². The lowest BCUT2D eigenvalue weighted by atomic mass is 10.0. The Labute approximate surface area is 121 Å². The highest BCUT2D eigenvalue weighted by molar-refractivity contribution is 6.09. The smallest absolute Gasteiger partial charge is 0.177 e. The van der Waals surface area contributed by atoms with Gasteiger partial charge in [0, 0.05) is 5.56 Å². The molecule has 2 heteroatoms. The molecule has 0 saturated carbocycles. The predicted octanol–water partition coefficient (Wildman–Crippen LogP) is 4.14. The molecule has 0 heterocycles. The maximum atomic E-state index is 12.6. The number of Topliss-reactive ketones (excluding diaryl/α,β-unsaturated/α-hetero) is 1. The second kappa shape index (κ2) is 7.20. The Morgan fingerprint density at radius 2 is 1.60 bits per heavy atom. The van der Waals surface area contributed by atoms with Crippen molar-refractivity contribution >= 4 is 16.6 Å². The van der Waals surface area contributed by atoms with Gasteiger partial charge in [-0.25, -0.2) is 0 Å². The van der Waals surface area contributed by atoms with Crippen LogP contribution in [0, 0.1) is 0 Å². The zero-order chi connectivity index (χ0) is 14.4. The van der Waals surface area contributed by atoms with Gasteiger partial charge in [-0.05, 0) is 36.7 Å². The Hall–Kier alpha value is -1.67. The highest BCUT2D eigenvalue weighted by Gasteiger charge is 2.13. The Bertz CT molecular complexity index is 565. The van der Waals surface area contributed by atoms with E-state index in [0.717, 1.165) is 42.3 Å². The van der Waals surface area contributed by atoms with Crippen LogP contribution in [0.1, 0.15) is 37.0 Å². The van der Waals surface area contributed by atoms with Gasteiger partial charge in [-0.15, -0.1) is 0 Å². The van der Waals surface area contributed by atoms with Crippen molar-refractivity contribution in [2.75, 3.05) is 19.6 Å². The second-order valence-corrected chi connectivity index (χ2v) is 5.23. The van der Waals surface area contributed by atoms with E-state index in [1.54, 1.807) is 0 Å². The van der Waals surface area contributed by atoms with E-state index in [0.29, 0.717) is 6.54 Å². The van der Waals surface area contributed by atoms with Crippen molar-refractivity contribution in [1.29, 1.82) is 0 Å². The van der Waals surface area contributed by atoms with E-state index in [9.17, 15) is 4.79 Å². The molecule has 20 heavy (non-hydrogen) atoms. The fourth-order valence-corrected chi connectivity index (χ4v) is 2.66. The number of fused-ring (bicyclic) bond motifs is 1. The number of rotatable bonds is 7. The van der Waals surface area contributed by atoms with Crippen LogP contribution in [-0.4, -0.2) is 30.3 Å². The van der Waals surface area contributed by atoms with E-state index in [1.807, 2.05) is 30.3 Å². The van der Waals surface area contributed by atoms with Crippen molar-refractivity contribution in [2.24, 2.45) is 0 Å². The Kier molecular flexibility index (Phi) is 5.31. The number of carbonyl (C=O) groups is 1. The van der Waals surface area contributed by atoms with Crippen molar-refractivity contribution in [3.05, 3.63) is 48.0 Å². The molecule has 2 nitrogen and oxygen atoms in total. The monoisotopic (exact) mass is 269 g/mol. The van der Waals surface area contributed by atoms with Gasteiger partial charge >= 0.3 is 0 Å². The molecule has 0 aliphatic rings. The summed E-state index contributed by atoms with van der Waals surface area (Å²) in [5.41, 5.74) is 0.848. The first kappa shape index (κ1) is 14.7. The molecule has 2 aromatic carbocycles. The molecule has 0 amide bonds. The molecule has 0 aromatic heterocycles. The minimum atomic E-state index is 0.226. The molecule has 0 unspecified atom stereocenters. The first-order valence-corrected chi connectivity index (χ1v) is 7.49. The molecule has 2 rings (SSSR count). The zero-order valence-corrected chi connectivity index (χ0v) is 12.4. The van der Waals surface area contributed by atoms with Crippen molar-refractivity contribution in [2.45, 2.75) is 26.7 Å². The molecule has 0 bridgehead atoms. The summed E-state index contributed by atoms with van der Waals surface area (Å²) in [6.07, 6.45) is 2.17. The SMILES string of the molecule is CCCN(CCC)CC(=O)c1cccc2ccccc12. The summed E-state index contributed by atoms with van der Waals surface area (Å²) >= 11 is 0. The van der Waals surface area contributed by atoms with Crippen LogP contribution in [0.3, 0.4) is 0 Å². The van der Waals surface area contributed by atoms with Gasteiger partial charge in [0.15, 0.2) is 5.78 Å². The maximum Gasteiger partial charge on any atom is 0.177 e. The maximum absolute atomic E-state index is 12.6. The zero-order valence-electron chi connectivity index (χ0n) is 12.4. The molecular formula is C18H23NO. The lowest BCUT2D eigenvalue weighted by Gasteiger charge is -2.20. The van der Waals surface area contributed by atoms with Gasteiger partial charge in [-0.3, -0.25) is 9.69 Å². The third-order valence-corrected chi connectivity index (χ3v) is 3.54. The second-order valence-electron chi connectivity index (χ2n) is 5.23. The molecule has 0 saturated heterocycles. The van der Waals surface area contributed by atoms with E-state index in [-0.39, 0.29) is 5.78 Å². The molecule has 0 radical (unpaired) electrons. The number of hydrogen-bond donors (Lipinski definition) is 0. The topological polar surface area (TPSA) is 20.3 Å². The summed E-state index contributed by atoms with van der Waals surface area (Å²) in [7, 11) is 0. The number of nitrogens with zero attached hydrogens (tertiary/aromatic N) is 1. The lowest BCUT2D eigenvalue weighted by Crippen LogP contribution is -2.31. The summed E-state index contributed by atoms with van der Waals surface area (Å²) in [5.74, 6) is 0.226. The summed E-state index contributed by atoms with van der Waals surface area (Å²) in [4.78, 5) is 14.8. The van der Waals surface area contributed by atoms with Crippen LogP contribution in [0.2, 0.25) is 0 Å².